The van der Waals surface area contributed by atoms with Crippen LogP contribution >= 0.6 is 0 Å². The van der Waals surface area contributed by atoms with E-state index in [1.807, 2.05) is 0 Å². The van der Waals surface area contributed by atoms with E-state index < -0.39 is 153 Å². The molecule has 15 atom stereocenters. The third-order valence-corrected chi connectivity index (χ3v) is 9.18. The number of hydrogen-bond acceptors (Lipinski definition) is 22. The third kappa shape index (κ3) is 11.7. The minimum absolute atomic E-state index is 1.13. The molecule has 51 heavy (non-hydrogen) atoms. The van der Waals surface area contributed by atoms with Crippen LogP contribution in [0.5, 0.6) is 0 Å². The van der Waals surface area contributed by atoms with E-state index in [-0.39, 0.29) is 0 Å². The van der Waals surface area contributed by atoms with Crippen LogP contribution in [0.2, 0.25) is 0 Å². The Morgan fingerprint density at radius 2 is 1.08 bits per heavy atom. The van der Waals surface area contributed by atoms with Crippen molar-refractivity contribution in [1.29, 1.82) is 0 Å². The van der Waals surface area contributed by atoms with Gasteiger partial charge in [0.25, 0.3) is 0 Å². The van der Waals surface area contributed by atoms with E-state index in [0.717, 1.165) is 0 Å². The Bertz CT molecular complexity index is 1660. The number of ether oxygens (including phenoxy) is 5. The van der Waals surface area contributed by atoms with Crippen LogP contribution in [0.1, 0.15) is 0 Å². The second-order valence-corrected chi connectivity index (χ2v) is 15.1. The van der Waals surface area contributed by atoms with Gasteiger partial charge in [-0.15, -0.1) is 0 Å². The molecule has 3 rings (SSSR count). The Balaban J connectivity index is 2.10. The van der Waals surface area contributed by atoms with E-state index in [0.29, 0.717) is 0 Å². The lowest BCUT2D eigenvalue weighted by Crippen LogP contribution is -2.70. The Kier molecular flexibility index (Phi) is 14.2. The van der Waals surface area contributed by atoms with E-state index in [9.17, 15) is 92.4 Å². The highest BCUT2D eigenvalue weighted by Crippen LogP contribution is 2.35. The van der Waals surface area contributed by atoms with Crippen molar-refractivity contribution >= 4 is 47.4 Å². The molecule has 0 aromatic carbocycles. The van der Waals surface area contributed by atoms with Crippen molar-refractivity contribution in [2.24, 2.45) is 0 Å². The number of carbonyl (C=O) groups is 1. The maximum Gasteiger partial charge on any atom is 0.397 e. The molecule has 300 valence electrons. The molecule has 0 spiro atoms. The minimum atomic E-state index is -5.79. The molecule has 13 N–H and O–H groups in total. The number of aliphatic carboxylic acids is 1. The molecule has 0 aliphatic carbocycles. The number of aliphatic hydroxyl groups is 6. The first-order valence-corrected chi connectivity index (χ1v) is 19.0. The van der Waals surface area contributed by atoms with Crippen LogP contribution < -0.4 is 9.44 Å². The Labute approximate surface area is 286 Å². The number of carboxylic acid groups (broad SMARTS) is 1. The van der Waals surface area contributed by atoms with Crippen LogP contribution in [0.25, 0.3) is 0 Å². The summed E-state index contributed by atoms with van der Waals surface area (Å²) in [5, 5.41) is 71.2. The van der Waals surface area contributed by atoms with E-state index in [1.54, 1.807) is 0 Å². The lowest BCUT2D eigenvalue weighted by Gasteiger charge is -2.48. The van der Waals surface area contributed by atoms with Crippen LogP contribution in [-0.4, -0.2) is 199 Å². The molecule has 0 saturated carbocycles. The van der Waals surface area contributed by atoms with Gasteiger partial charge < -0.3 is 59.4 Å². The summed E-state index contributed by atoms with van der Waals surface area (Å²) in [5.41, 5.74) is 0. The lowest BCUT2D eigenvalue weighted by molar-refractivity contribution is -0.356. The first kappa shape index (κ1) is 43.9. The molecule has 0 bridgehead atoms. The summed E-state index contributed by atoms with van der Waals surface area (Å²) in [6.07, 6.45) is -32.2. The van der Waals surface area contributed by atoms with Gasteiger partial charge in [-0.2, -0.15) is 43.1 Å². The molecule has 0 aromatic heterocycles. The third-order valence-electron chi connectivity index (χ3n) is 7.11. The maximum absolute atomic E-state index is 12.3. The fourth-order valence-electron chi connectivity index (χ4n) is 5.12. The van der Waals surface area contributed by atoms with E-state index >= 15 is 0 Å². The van der Waals surface area contributed by atoms with Gasteiger partial charge in [0, 0.05) is 0 Å². The molecule has 3 aliphatic rings. The number of carboxylic acids is 1. The van der Waals surface area contributed by atoms with Gasteiger partial charge in [0.2, 0.25) is 0 Å². The molecule has 3 fully saturated rings. The van der Waals surface area contributed by atoms with Gasteiger partial charge >= 0.3 is 47.4 Å². The quantitative estimate of drug-likeness (QED) is 0.0681. The van der Waals surface area contributed by atoms with Crippen molar-refractivity contribution in [3.05, 3.63) is 0 Å². The maximum atomic E-state index is 12.3. The Morgan fingerprint density at radius 1 is 0.588 bits per heavy atom. The zero-order valence-corrected chi connectivity index (χ0v) is 27.9. The van der Waals surface area contributed by atoms with Crippen LogP contribution in [0.4, 0.5) is 0 Å². The van der Waals surface area contributed by atoms with Crippen molar-refractivity contribution in [2.45, 2.75) is 92.0 Å². The molecule has 0 radical (unpaired) electrons. The zero-order valence-electron chi connectivity index (χ0n) is 24.7. The van der Waals surface area contributed by atoms with E-state index in [4.69, 9.17) is 23.7 Å². The second kappa shape index (κ2) is 16.5. The van der Waals surface area contributed by atoms with Crippen molar-refractivity contribution in [1.82, 2.24) is 9.44 Å². The molecule has 3 aliphatic heterocycles. The molecular weight excluding hydrogens is 804 g/mol. The first-order chi connectivity index (χ1) is 23.2. The number of hydrogen-bond donors (Lipinski definition) is 13. The van der Waals surface area contributed by atoms with E-state index in [2.05, 4.69) is 8.37 Å². The largest absolute Gasteiger partial charge is 0.479 e. The zero-order chi connectivity index (χ0) is 39.0. The average Bonchev–Trinajstić information content (AvgIpc) is 2.96. The van der Waals surface area contributed by atoms with Gasteiger partial charge in [0.1, 0.15) is 60.9 Å². The predicted octanol–water partition coefficient (Wildman–Crippen LogP) is -9.03. The Morgan fingerprint density at radius 3 is 1.55 bits per heavy atom. The van der Waals surface area contributed by atoms with Crippen molar-refractivity contribution in [3.63, 3.8) is 0 Å². The van der Waals surface area contributed by atoms with Gasteiger partial charge in [0.05, 0.1) is 13.2 Å². The van der Waals surface area contributed by atoms with Gasteiger partial charge in [0.15, 0.2) is 31.1 Å². The summed E-state index contributed by atoms with van der Waals surface area (Å²) in [4.78, 5) is 12.3. The highest BCUT2D eigenvalue weighted by Gasteiger charge is 2.58. The number of nitrogens with one attached hydrogen (secondary N) is 2. The monoisotopic (exact) mass is 836 g/mol. The average molecular weight is 837 g/mol. The molecule has 0 amide bonds. The second-order valence-electron chi connectivity index (χ2n) is 10.6. The van der Waals surface area contributed by atoms with Crippen molar-refractivity contribution in [2.75, 3.05) is 13.2 Å². The normalized spacial score (nSPS) is 40.2. The van der Waals surface area contributed by atoms with Crippen LogP contribution in [0.15, 0.2) is 0 Å². The lowest BCUT2D eigenvalue weighted by atomic mass is 9.95. The molecule has 33 heteroatoms. The molecule has 3 heterocycles. The van der Waals surface area contributed by atoms with Crippen LogP contribution in [0.3, 0.4) is 0 Å². The predicted molar refractivity (Wildman–Crippen MR) is 148 cm³/mol. The fraction of sp³-hybridized carbons (Fsp3) is 0.944. The fourth-order valence-corrected chi connectivity index (χ4v) is 7.30. The molecule has 0 aromatic rings. The molecule has 3 saturated heterocycles. The summed E-state index contributed by atoms with van der Waals surface area (Å²) >= 11 is 0. The van der Waals surface area contributed by atoms with Gasteiger partial charge in [-0.25, -0.2) is 13.2 Å². The minimum Gasteiger partial charge on any atom is -0.479 e. The van der Waals surface area contributed by atoms with Crippen LogP contribution in [0, 0.1) is 0 Å². The van der Waals surface area contributed by atoms with Gasteiger partial charge in [-0.1, -0.05) is 0 Å². The summed E-state index contributed by atoms with van der Waals surface area (Å²) < 4.78 is 167. The van der Waals surface area contributed by atoms with Gasteiger partial charge in [-0.3, -0.25) is 18.2 Å². The SMILES string of the molecule is O=C(O)[C@@H]1O[C@@H](O[C@H]2[C@H](OS(=O)(=O)O)[C@@H](NS(=O)(=O)O)C(O)O[C@@H]2CO)[C@H](OS(=O)(=O)O)[C@@H](O)[C@@H]1O[C@@H]1O[C@H](CO)[C@@H](O)[C@H](O)[C@H]1NS(=O)(=O)O. The summed E-state index contributed by atoms with van der Waals surface area (Å²) in [7, 11) is -22.3. The highest BCUT2D eigenvalue weighted by atomic mass is 32.3. The standard InChI is InChI=1S/C18H32N2O27S4/c21-1-3-7(23)8(24)5(19-48(29,30)31)17(42-3)44-12-9(25)13(47-51(38,39)40)18(45-14(12)15(26)27)43-10-4(2-22)41-16(28)6(20-49(32,33)34)11(10)46-50(35,36)37/h3-14,16-25,28H,1-2H2,(H,26,27)(H,29,30,31)(H,32,33,34)(H,35,36,37)(H,38,39,40)/t3-,4-,5-,6-,7-,8-,9+,10-,11-,12+,13-,14-,16?,17+,18-/m1/s1. The van der Waals surface area contributed by atoms with Gasteiger partial charge in [-0.05, 0) is 0 Å². The topological polar surface area (TPSA) is 465 Å². The van der Waals surface area contributed by atoms with Crippen LogP contribution in [-0.2, 0) is 78.3 Å². The van der Waals surface area contributed by atoms with Crippen molar-refractivity contribution < 1.29 is 124 Å². The molecule has 29 nitrogen and oxygen atoms in total. The summed E-state index contributed by atoms with van der Waals surface area (Å²) in [6, 6.07) is -4.80. The molecular formula is C18H32N2O27S4. The number of rotatable bonds is 15. The summed E-state index contributed by atoms with van der Waals surface area (Å²) in [5.74, 6) is -2.17. The smallest absolute Gasteiger partial charge is 0.397 e. The first-order valence-electron chi connectivity index (χ1n) is 13.4. The molecule has 1 unspecified atom stereocenters. The van der Waals surface area contributed by atoms with Crippen molar-refractivity contribution in [3.8, 4) is 0 Å². The number of aliphatic hydroxyl groups excluding tert-OH is 6. The highest BCUT2D eigenvalue weighted by molar-refractivity contribution is 7.84. The van der Waals surface area contributed by atoms with E-state index in [1.165, 1.54) is 9.44 Å². The summed E-state index contributed by atoms with van der Waals surface area (Å²) in [6.45, 7) is -2.47. The Hall–Kier alpha value is -1.49.